The molecule has 0 atom stereocenters. The summed E-state index contributed by atoms with van der Waals surface area (Å²) in [5, 5.41) is 24.1. The first-order valence-electron chi connectivity index (χ1n) is 12.6. The Kier molecular flexibility index (Phi) is 7.61. The van der Waals surface area contributed by atoms with Gasteiger partial charge in [-0.2, -0.15) is 5.26 Å². The molecule has 0 aliphatic carbocycles. The summed E-state index contributed by atoms with van der Waals surface area (Å²) in [7, 11) is 0. The average molecular weight is 525 g/mol. The van der Waals surface area contributed by atoms with Crippen LogP contribution in [0.4, 0.5) is 5.69 Å². The van der Waals surface area contributed by atoms with Crippen LogP contribution in [0.25, 0.3) is 34.3 Å². The van der Waals surface area contributed by atoms with Crippen molar-refractivity contribution in [1.29, 1.82) is 5.26 Å². The Morgan fingerprint density at radius 1 is 0.850 bits per heavy atom. The zero-order valence-corrected chi connectivity index (χ0v) is 21.4. The Bertz CT molecular complexity index is 1720. The van der Waals surface area contributed by atoms with Crippen molar-refractivity contribution in [1.82, 2.24) is 9.88 Å². The molecule has 1 aromatic heterocycles. The highest BCUT2D eigenvalue weighted by Crippen LogP contribution is 2.37. The Labute approximate surface area is 231 Å². The molecule has 0 saturated heterocycles. The summed E-state index contributed by atoms with van der Waals surface area (Å²) in [6, 6.07) is 39.2. The van der Waals surface area contributed by atoms with Crippen LogP contribution in [-0.2, 0) is 11.3 Å². The number of nitrogens with one attached hydrogen (secondary N) is 1. The van der Waals surface area contributed by atoms with Crippen molar-refractivity contribution in [3.8, 4) is 34.3 Å². The van der Waals surface area contributed by atoms with Gasteiger partial charge >= 0.3 is 0 Å². The second-order valence-electron chi connectivity index (χ2n) is 9.01. The molecule has 5 rings (SSSR count). The van der Waals surface area contributed by atoms with E-state index in [4.69, 9.17) is 0 Å². The van der Waals surface area contributed by atoms with Gasteiger partial charge in [0.25, 0.3) is 11.6 Å². The molecule has 7 heteroatoms. The Morgan fingerprint density at radius 2 is 1.43 bits per heavy atom. The van der Waals surface area contributed by atoms with Gasteiger partial charge in [0, 0.05) is 29.9 Å². The van der Waals surface area contributed by atoms with Gasteiger partial charge in [0.1, 0.15) is 11.6 Å². The molecule has 1 amide bonds. The van der Waals surface area contributed by atoms with E-state index in [-0.39, 0.29) is 11.3 Å². The van der Waals surface area contributed by atoms with Crippen LogP contribution in [0.5, 0.6) is 0 Å². The molecule has 40 heavy (non-hydrogen) atoms. The summed E-state index contributed by atoms with van der Waals surface area (Å²) < 4.78 is 2.00. The first kappa shape index (κ1) is 25.9. The van der Waals surface area contributed by atoms with Gasteiger partial charge in [-0.15, -0.1) is 0 Å². The van der Waals surface area contributed by atoms with Crippen molar-refractivity contribution >= 4 is 17.7 Å². The Hall–Kier alpha value is -5.74. The zero-order chi connectivity index (χ0) is 27.9. The van der Waals surface area contributed by atoms with Crippen molar-refractivity contribution in [2.24, 2.45) is 0 Å². The van der Waals surface area contributed by atoms with E-state index in [0.717, 1.165) is 28.1 Å². The number of benzene rings is 4. The summed E-state index contributed by atoms with van der Waals surface area (Å²) in [4.78, 5) is 23.9. The van der Waals surface area contributed by atoms with Crippen molar-refractivity contribution in [2.45, 2.75) is 6.54 Å². The van der Waals surface area contributed by atoms with E-state index in [1.807, 2.05) is 102 Å². The van der Waals surface area contributed by atoms with E-state index < -0.39 is 10.8 Å². The minimum atomic E-state index is -0.477. The third kappa shape index (κ3) is 5.57. The number of non-ortho nitro benzene ring substituents is 1. The number of hydrogen-bond acceptors (Lipinski definition) is 4. The third-order valence-electron chi connectivity index (χ3n) is 6.43. The fourth-order valence-electron chi connectivity index (χ4n) is 4.52. The summed E-state index contributed by atoms with van der Waals surface area (Å²) >= 11 is 0. The van der Waals surface area contributed by atoms with Crippen molar-refractivity contribution in [2.75, 3.05) is 0 Å². The molecular formula is C33H24N4O3. The fraction of sp³-hybridized carbons (Fsp3) is 0.0303. The van der Waals surface area contributed by atoms with Crippen LogP contribution in [0.3, 0.4) is 0 Å². The molecule has 1 heterocycles. The molecule has 7 nitrogen and oxygen atoms in total. The topological polar surface area (TPSA) is 101 Å². The van der Waals surface area contributed by atoms with Crippen LogP contribution >= 0.6 is 0 Å². The number of nitriles is 1. The van der Waals surface area contributed by atoms with Gasteiger partial charge in [-0.25, -0.2) is 0 Å². The second kappa shape index (κ2) is 11.8. The number of nitrogens with zero attached hydrogens (tertiary/aromatic N) is 3. The average Bonchev–Trinajstić information content (AvgIpc) is 3.39. The molecule has 0 spiro atoms. The Morgan fingerprint density at radius 3 is 2.00 bits per heavy atom. The molecule has 5 aromatic rings. The van der Waals surface area contributed by atoms with Gasteiger partial charge in [-0.05, 0) is 41.0 Å². The third-order valence-corrected chi connectivity index (χ3v) is 6.43. The number of carbonyl (C=O) groups excluding carboxylic acids is 1. The normalized spacial score (nSPS) is 11.0. The van der Waals surface area contributed by atoms with Gasteiger partial charge in [0.15, 0.2) is 0 Å². The number of amides is 1. The number of nitro groups is 1. The lowest BCUT2D eigenvalue weighted by molar-refractivity contribution is -0.384. The van der Waals surface area contributed by atoms with Crippen molar-refractivity contribution in [3.05, 3.63) is 148 Å². The summed E-state index contributed by atoms with van der Waals surface area (Å²) in [6.07, 6.45) is 1.59. The minimum Gasteiger partial charge on any atom is -0.347 e. The quantitative estimate of drug-likeness (QED) is 0.103. The van der Waals surface area contributed by atoms with Crippen molar-refractivity contribution < 1.29 is 9.72 Å². The number of carbonyl (C=O) groups is 1. The smallest absolute Gasteiger partial charge is 0.269 e. The van der Waals surface area contributed by atoms with E-state index in [0.29, 0.717) is 17.8 Å². The lowest BCUT2D eigenvalue weighted by Crippen LogP contribution is -2.23. The standard InChI is InChI=1S/C33H24N4O3/c34-22-28(33(38)35-23-24-10-4-1-5-11-24)20-27-21-31(25-12-6-2-7-13-25)36(32(27)26-14-8-3-9-15-26)29-16-18-30(19-17-29)37(39)40/h1-21H,23H2,(H,35,38)/b28-20+. The molecule has 0 saturated carbocycles. The van der Waals surface area contributed by atoms with Crippen LogP contribution in [0, 0.1) is 21.4 Å². The number of nitro benzene ring substituents is 1. The summed E-state index contributed by atoms with van der Waals surface area (Å²) in [6.45, 7) is 0.295. The highest BCUT2D eigenvalue weighted by Gasteiger charge is 2.21. The van der Waals surface area contributed by atoms with Gasteiger partial charge in [0.2, 0.25) is 0 Å². The summed E-state index contributed by atoms with van der Waals surface area (Å²) in [5.74, 6) is -0.477. The van der Waals surface area contributed by atoms with Gasteiger partial charge in [-0.3, -0.25) is 14.9 Å². The van der Waals surface area contributed by atoms with Gasteiger partial charge in [0.05, 0.1) is 16.3 Å². The van der Waals surface area contributed by atoms with E-state index in [9.17, 15) is 20.2 Å². The predicted octanol–water partition coefficient (Wildman–Crippen LogP) is 6.94. The lowest BCUT2D eigenvalue weighted by Gasteiger charge is -2.15. The Balaban J connectivity index is 1.68. The molecule has 0 aliphatic heterocycles. The predicted molar refractivity (Wildman–Crippen MR) is 155 cm³/mol. The number of hydrogen-bond donors (Lipinski definition) is 1. The molecule has 0 fully saturated rings. The SMILES string of the molecule is N#C/C(=C\c1cc(-c2ccccc2)n(-c2ccc([N+](=O)[O-])cc2)c1-c1ccccc1)C(=O)NCc1ccccc1. The lowest BCUT2D eigenvalue weighted by atomic mass is 10.0. The number of rotatable bonds is 8. The monoisotopic (exact) mass is 524 g/mol. The van der Waals surface area contributed by atoms with E-state index in [2.05, 4.69) is 11.4 Å². The van der Waals surface area contributed by atoms with Crippen LogP contribution in [0.1, 0.15) is 11.1 Å². The zero-order valence-electron chi connectivity index (χ0n) is 21.4. The molecular weight excluding hydrogens is 500 g/mol. The molecule has 1 N–H and O–H groups in total. The maximum Gasteiger partial charge on any atom is 0.269 e. The molecule has 4 aromatic carbocycles. The fourth-order valence-corrected chi connectivity index (χ4v) is 4.52. The van der Waals surface area contributed by atoms with Crippen LogP contribution in [-0.4, -0.2) is 15.4 Å². The maximum absolute atomic E-state index is 13.1. The molecule has 194 valence electrons. The highest BCUT2D eigenvalue weighted by molar-refractivity contribution is 6.03. The highest BCUT2D eigenvalue weighted by atomic mass is 16.6. The second-order valence-corrected chi connectivity index (χ2v) is 9.01. The van der Waals surface area contributed by atoms with E-state index >= 15 is 0 Å². The largest absolute Gasteiger partial charge is 0.347 e. The van der Waals surface area contributed by atoms with Gasteiger partial charge in [-0.1, -0.05) is 91.0 Å². The van der Waals surface area contributed by atoms with E-state index in [1.54, 1.807) is 18.2 Å². The van der Waals surface area contributed by atoms with E-state index in [1.165, 1.54) is 12.1 Å². The molecule has 0 radical (unpaired) electrons. The minimum absolute atomic E-state index is 0.0135. The number of aromatic nitrogens is 1. The van der Waals surface area contributed by atoms with Crippen LogP contribution < -0.4 is 5.32 Å². The molecule has 0 unspecified atom stereocenters. The van der Waals surface area contributed by atoms with Crippen molar-refractivity contribution in [3.63, 3.8) is 0 Å². The first-order chi connectivity index (χ1) is 19.5. The van der Waals surface area contributed by atoms with Gasteiger partial charge < -0.3 is 9.88 Å². The van der Waals surface area contributed by atoms with Crippen LogP contribution in [0.2, 0.25) is 0 Å². The molecule has 0 bridgehead atoms. The summed E-state index contributed by atoms with van der Waals surface area (Å²) in [5.41, 5.74) is 5.56. The van der Waals surface area contributed by atoms with Crippen LogP contribution in [0.15, 0.2) is 127 Å². The maximum atomic E-state index is 13.1. The first-order valence-corrected chi connectivity index (χ1v) is 12.6. The molecule has 0 aliphatic rings.